The van der Waals surface area contributed by atoms with Gasteiger partial charge >= 0.3 is 6.18 Å². The van der Waals surface area contributed by atoms with E-state index in [0.29, 0.717) is 0 Å². The highest BCUT2D eigenvalue weighted by Gasteiger charge is 2.62. The maximum Gasteiger partial charge on any atom is 0.435 e. The smallest absolute Gasteiger partial charge is 0.374 e. The maximum absolute atomic E-state index is 14.7. The van der Waals surface area contributed by atoms with Crippen LogP contribution in [0.5, 0.6) is 0 Å². The van der Waals surface area contributed by atoms with Gasteiger partial charge in [-0.05, 0) is 85.1 Å². The number of amides is 2. The lowest BCUT2D eigenvalue weighted by Gasteiger charge is -2.30. The zero-order valence-electron chi connectivity index (χ0n) is 23.0. The number of aromatic nitrogens is 1. The molecule has 13 heteroatoms. The number of halogens is 6. The summed E-state index contributed by atoms with van der Waals surface area (Å²) < 4.78 is 71.7. The van der Waals surface area contributed by atoms with E-state index in [4.69, 9.17) is 16.4 Å². The molecule has 3 aromatic carbocycles. The molecule has 1 aliphatic rings. The third-order valence-electron chi connectivity index (χ3n) is 7.07. The predicted molar refractivity (Wildman–Crippen MR) is 154 cm³/mol. The van der Waals surface area contributed by atoms with Gasteiger partial charge in [-0.25, -0.2) is 13.8 Å². The van der Waals surface area contributed by atoms with Crippen LogP contribution in [0.1, 0.15) is 49.4 Å². The molecule has 0 saturated carbocycles. The van der Waals surface area contributed by atoms with Gasteiger partial charge in [0.1, 0.15) is 16.8 Å². The standard InChI is InChI=1S/C31H22ClF5N4O3/c1-16-12-19(30(31(35,36)37)15-25(41-44-30)18-5-7-20(33)8-6-18)13-17(2)26(16)40-29(43)23-14-21(9-10-24(23)34)39-28(42)22-4-3-11-38-27(22)32/h3-14H,15H2,1-2H3,(H,39,42)(H,40,43). The van der Waals surface area contributed by atoms with Gasteiger partial charge in [0, 0.05) is 29.6 Å². The molecular weight excluding hydrogens is 607 g/mol. The Hall–Kier alpha value is -4.84. The first kappa shape index (κ1) is 30.6. The molecule has 0 saturated heterocycles. The predicted octanol–water partition coefficient (Wildman–Crippen LogP) is 7.72. The minimum Gasteiger partial charge on any atom is -0.374 e. The number of carbonyl (C=O) groups is 2. The van der Waals surface area contributed by atoms with Gasteiger partial charge < -0.3 is 15.5 Å². The van der Waals surface area contributed by atoms with Gasteiger partial charge in [-0.2, -0.15) is 13.2 Å². The molecule has 0 aliphatic carbocycles. The fourth-order valence-electron chi connectivity index (χ4n) is 4.81. The monoisotopic (exact) mass is 628 g/mol. The van der Waals surface area contributed by atoms with Gasteiger partial charge in [0.2, 0.25) is 0 Å². The van der Waals surface area contributed by atoms with E-state index >= 15 is 0 Å². The summed E-state index contributed by atoms with van der Waals surface area (Å²) in [6.07, 6.45) is -4.16. The average molecular weight is 629 g/mol. The lowest BCUT2D eigenvalue weighted by Crippen LogP contribution is -2.42. The molecule has 4 aromatic rings. The lowest BCUT2D eigenvalue weighted by atomic mass is 9.84. The Bertz CT molecular complexity index is 1790. The number of pyridine rings is 1. The average Bonchev–Trinajstić information content (AvgIpc) is 3.44. The van der Waals surface area contributed by atoms with E-state index in [1.54, 1.807) is 0 Å². The first-order valence-corrected chi connectivity index (χ1v) is 13.4. The summed E-state index contributed by atoms with van der Waals surface area (Å²) in [6.45, 7) is 2.97. The lowest BCUT2D eigenvalue weighted by molar-refractivity contribution is -0.275. The SMILES string of the molecule is Cc1cc(C2(C(F)(F)F)CC(c3ccc(F)cc3)=NO2)cc(C)c1NC(=O)c1cc(NC(=O)c2cccnc2Cl)ccc1F. The molecule has 2 amide bonds. The number of carbonyl (C=O) groups excluding carboxylic acids is 2. The molecule has 0 radical (unpaired) electrons. The Balaban J connectivity index is 1.40. The Kier molecular flexibility index (Phi) is 8.13. The van der Waals surface area contributed by atoms with Crippen LogP contribution in [0.15, 0.2) is 78.1 Å². The van der Waals surface area contributed by atoms with Crippen LogP contribution in [0.25, 0.3) is 0 Å². The summed E-state index contributed by atoms with van der Waals surface area (Å²) >= 11 is 5.95. The zero-order valence-corrected chi connectivity index (χ0v) is 23.8. The third-order valence-corrected chi connectivity index (χ3v) is 7.37. The maximum atomic E-state index is 14.7. The van der Waals surface area contributed by atoms with E-state index in [-0.39, 0.29) is 50.1 Å². The summed E-state index contributed by atoms with van der Waals surface area (Å²) in [5.74, 6) is -2.98. The van der Waals surface area contributed by atoms with Crippen molar-refractivity contribution in [3.05, 3.63) is 123 Å². The van der Waals surface area contributed by atoms with E-state index < -0.39 is 47.2 Å². The second-order valence-electron chi connectivity index (χ2n) is 10.1. The van der Waals surface area contributed by atoms with Crippen molar-refractivity contribution in [1.29, 1.82) is 0 Å². The molecule has 1 unspecified atom stereocenters. The molecule has 226 valence electrons. The van der Waals surface area contributed by atoms with Gasteiger partial charge in [0.05, 0.1) is 16.8 Å². The Morgan fingerprint density at radius 1 is 0.909 bits per heavy atom. The first-order chi connectivity index (χ1) is 20.8. The van der Waals surface area contributed by atoms with Crippen molar-refractivity contribution in [2.24, 2.45) is 5.16 Å². The number of rotatable bonds is 6. The van der Waals surface area contributed by atoms with Crippen molar-refractivity contribution >= 4 is 40.5 Å². The minimum absolute atomic E-state index is 0.0109. The molecular formula is C31H22ClF5N4O3. The van der Waals surface area contributed by atoms with Gasteiger partial charge in [0.15, 0.2) is 0 Å². The molecule has 0 bridgehead atoms. The number of oxime groups is 1. The Labute approximate surface area is 252 Å². The number of alkyl halides is 3. The molecule has 7 nitrogen and oxygen atoms in total. The van der Waals surface area contributed by atoms with Crippen LogP contribution < -0.4 is 10.6 Å². The number of nitrogens with zero attached hydrogens (tertiary/aromatic N) is 2. The van der Waals surface area contributed by atoms with Gasteiger partial charge in [-0.15, -0.1) is 0 Å². The Morgan fingerprint density at radius 3 is 2.20 bits per heavy atom. The quantitative estimate of drug-likeness (QED) is 0.169. The number of nitrogens with one attached hydrogen (secondary N) is 2. The van der Waals surface area contributed by atoms with Crippen LogP contribution in [0, 0.1) is 25.5 Å². The van der Waals surface area contributed by atoms with Crippen LogP contribution in [-0.2, 0) is 10.4 Å². The van der Waals surface area contributed by atoms with Gasteiger partial charge in [0.25, 0.3) is 17.4 Å². The second-order valence-corrected chi connectivity index (χ2v) is 10.4. The van der Waals surface area contributed by atoms with E-state index in [2.05, 4.69) is 20.8 Å². The molecule has 0 spiro atoms. The topological polar surface area (TPSA) is 92.7 Å². The minimum atomic E-state index is -4.89. The zero-order chi connectivity index (χ0) is 31.8. The van der Waals surface area contributed by atoms with Gasteiger partial charge in [-0.3, -0.25) is 9.59 Å². The highest BCUT2D eigenvalue weighted by atomic mass is 35.5. The van der Waals surface area contributed by atoms with Crippen LogP contribution >= 0.6 is 11.6 Å². The van der Waals surface area contributed by atoms with Crippen LogP contribution in [0.3, 0.4) is 0 Å². The summed E-state index contributed by atoms with van der Waals surface area (Å²) in [4.78, 5) is 34.6. The molecule has 1 aromatic heterocycles. The second kappa shape index (κ2) is 11.7. The molecule has 1 aliphatic heterocycles. The Morgan fingerprint density at radius 2 is 1.57 bits per heavy atom. The molecule has 2 heterocycles. The van der Waals surface area contributed by atoms with Crippen molar-refractivity contribution in [3.8, 4) is 0 Å². The summed E-state index contributed by atoms with van der Waals surface area (Å²) in [7, 11) is 0. The van der Waals surface area contributed by atoms with Crippen LogP contribution in [0.2, 0.25) is 5.15 Å². The fraction of sp³-hybridized carbons (Fsp3) is 0.161. The number of hydrogen-bond donors (Lipinski definition) is 2. The number of anilines is 2. The number of hydrogen-bond acceptors (Lipinski definition) is 5. The highest BCUT2D eigenvalue weighted by Crippen LogP contribution is 2.49. The van der Waals surface area contributed by atoms with Crippen molar-refractivity contribution < 1.29 is 36.4 Å². The van der Waals surface area contributed by atoms with Crippen LogP contribution in [-0.4, -0.2) is 28.7 Å². The number of benzene rings is 3. The summed E-state index contributed by atoms with van der Waals surface area (Å²) in [5, 5.41) is 8.72. The molecule has 2 N–H and O–H groups in total. The normalized spacial score (nSPS) is 16.2. The third kappa shape index (κ3) is 5.85. The van der Waals surface area contributed by atoms with Crippen molar-refractivity contribution in [2.75, 3.05) is 10.6 Å². The molecule has 1 atom stereocenters. The summed E-state index contributed by atoms with van der Waals surface area (Å²) in [6, 6.07) is 13.6. The molecule has 0 fully saturated rings. The van der Waals surface area contributed by atoms with Crippen molar-refractivity contribution in [1.82, 2.24) is 4.98 Å². The fourth-order valence-corrected chi connectivity index (χ4v) is 5.01. The van der Waals surface area contributed by atoms with Crippen LogP contribution in [0.4, 0.5) is 33.3 Å². The van der Waals surface area contributed by atoms with E-state index in [1.807, 2.05) is 0 Å². The molecule has 5 rings (SSSR count). The van der Waals surface area contributed by atoms with Gasteiger partial charge in [-0.1, -0.05) is 28.9 Å². The van der Waals surface area contributed by atoms with E-state index in [1.165, 1.54) is 62.5 Å². The first-order valence-electron chi connectivity index (χ1n) is 13.0. The molecule has 44 heavy (non-hydrogen) atoms. The van der Waals surface area contributed by atoms with E-state index in [9.17, 15) is 31.5 Å². The van der Waals surface area contributed by atoms with Crippen molar-refractivity contribution in [3.63, 3.8) is 0 Å². The van der Waals surface area contributed by atoms with E-state index in [0.717, 1.165) is 24.3 Å². The largest absolute Gasteiger partial charge is 0.435 e. The summed E-state index contributed by atoms with van der Waals surface area (Å²) in [5.41, 5.74) is -2.45. The van der Waals surface area contributed by atoms with Crippen molar-refractivity contribution in [2.45, 2.75) is 32.0 Å². The number of aryl methyl sites for hydroxylation is 2. The highest BCUT2D eigenvalue weighted by molar-refractivity contribution is 6.33.